The summed E-state index contributed by atoms with van der Waals surface area (Å²) in [5, 5.41) is 29.7. The average molecular weight is 1210 g/mol. The third kappa shape index (κ3) is 15.9. The van der Waals surface area contributed by atoms with Crippen molar-refractivity contribution in [2.45, 2.75) is 175 Å². The molecule has 0 radical (unpaired) electrons. The van der Waals surface area contributed by atoms with Gasteiger partial charge in [-0.05, 0) is 196 Å². The molecule has 5 N–H and O–H groups in total. The minimum absolute atomic E-state index is 0. The Morgan fingerprint density at radius 2 is 1.08 bits per heavy atom. The molecule has 466 valence electrons. The number of aromatic amines is 1. The summed E-state index contributed by atoms with van der Waals surface area (Å²) < 4.78 is 34.2. The summed E-state index contributed by atoms with van der Waals surface area (Å²) in [6.45, 7) is 19.1. The SMILES string of the molecule is COC(=O)N/N=C(/c1c(C)ccn1C(=O)OC)C1CC2(CC(NC(=O)OC(C)(C)C)C2)C1.COC(=O)N/N=C(/c1cc(C)cn1C(=O)OC)C1CC2(CC(NC(=O)OC(C)(C)C)C2)C1.C[O-].Cc1ccn2c(=O)[nH]nc(C3CC4(CC(C)C4)C3)c12.[Na+]. The van der Waals surface area contributed by atoms with Gasteiger partial charge < -0.3 is 44.2 Å². The number of methoxy groups -OCH3 is 4. The minimum Gasteiger partial charge on any atom is -0.857 e. The molecule has 6 saturated carbocycles. The molecule has 10 rings (SSSR count). The maximum Gasteiger partial charge on any atom is 1.00 e. The van der Waals surface area contributed by atoms with Gasteiger partial charge in [0.1, 0.15) is 11.2 Å². The molecule has 25 nitrogen and oxygen atoms in total. The van der Waals surface area contributed by atoms with Crippen LogP contribution in [-0.2, 0) is 28.4 Å². The summed E-state index contributed by atoms with van der Waals surface area (Å²) >= 11 is 0. The van der Waals surface area contributed by atoms with Crippen LogP contribution < -0.4 is 61.8 Å². The number of aromatic nitrogens is 5. The summed E-state index contributed by atoms with van der Waals surface area (Å²) in [7, 11) is 5.90. The molecular formula is C60H86N11NaO14. The molecule has 0 bridgehead atoms. The number of H-pyrrole nitrogens is 1. The van der Waals surface area contributed by atoms with Crippen LogP contribution in [0.15, 0.2) is 51.8 Å². The number of nitrogens with one attached hydrogen (secondary N) is 5. The molecule has 6 fully saturated rings. The van der Waals surface area contributed by atoms with Gasteiger partial charge >= 0.3 is 71.8 Å². The number of aryl methyl sites for hydroxylation is 3. The van der Waals surface area contributed by atoms with Gasteiger partial charge in [0, 0.05) is 48.4 Å². The van der Waals surface area contributed by atoms with Gasteiger partial charge in [-0.25, -0.2) is 49.5 Å². The minimum atomic E-state index is -0.685. The Hall–Kier alpha value is -6.70. The predicted octanol–water partition coefficient (Wildman–Crippen LogP) is 5.71. The summed E-state index contributed by atoms with van der Waals surface area (Å²) in [6.07, 6.45) is 14.0. The van der Waals surface area contributed by atoms with Gasteiger partial charge in [-0.1, -0.05) is 6.92 Å². The second kappa shape index (κ2) is 27.6. The van der Waals surface area contributed by atoms with E-state index in [1.807, 2.05) is 73.7 Å². The van der Waals surface area contributed by atoms with Gasteiger partial charge in [-0.15, -0.1) is 0 Å². The second-order valence-electron chi connectivity index (χ2n) is 26.1. The number of rotatable bonds is 9. The summed E-state index contributed by atoms with van der Waals surface area (Å²) in [5.41, 5.74) is 11.8. The Bertz CT molecular complexity index is 3200. The quantitative estimate of drug-likeness (QED) is 0.0580. The monoisotopic (exact) mass is 1210 g/mol. The van der Waals surface area contributed by atoms with Gasteiger partial charge in [0.25, 0.3) is 0 Å². The number of ether oxygens (including phenoxy) is 6. The van der Waals surface area contributed by atoms with Crippen LogP contribution in [0.3, 0.4) is 0 Å². The number of carbonyl (C=O) groups is 6. The van der Waals surface area contributed by atoms with Gasteiger partial charge in [0.05, 0.1) is 62.5 Å². The molecule has 6 aliphatic rings. The van der Waals surface area contributed by atoms with Gasteiger partial charge in [0.2, 0.25) is 0 Å². The van der Waals surface area contributed by atoms with E-state index in [0.717, 1.165) is 92.3 Å². The number of hydrogen-bond donors (Lipinski definition) is 5. The van der Waals surface area contributed by atoms with E-state index in [2.05, 4.69) is 65.2 Å². The first-order chi connectivity index (χ1) is 40.0. The van der Waals surface area contributed by atoms with Crippen molar-refractivity contribution in [1.29, 1.82) is 0 Å². The number of fused-ring (bicyclic) bond motifs is 1. The normalized spacial score (nSPS) is 25.9. The molecular weight excluding hydrogens is 1120 g/mol. The molecule has 4 aromatic heterocycles. The zero-order valence-electron chi connectivity index (χ0n) is 52.8. The Kier molecular flexibility index (Phi) is 21.9. The van der Waals surface area contributed by atoms with Crippen LogP contribution in [0.2, 0.25) is 0 Å². The fourth-order valence-electron chi connectivity index (χ4n) is 13.7. The van der Waals surface area contributed by atoms with Crippen LogP contribution in [0, 0.1) is 54.8 Å². The predicted molar refractivity (Wildman–Crippen MR) is 312 cm³/mol. The van der Waals surface area contributed by atoms with Crippen molar-refractivity contribution in [3.05, 3.63) is 81.0 Å². The molecule has 0 saturated heterocycles. The largest absolute Gasteiger partial charge is 1.00 e. The number of hydrogen-bond acceptors (Lipinski definition) is 17. The molecule has 4 amide bonds. The van der Waals surface area contributed by atoms with Crippen molar-refractivity contribution < 1.29 is 91.9 Å². The van der Waals surface area contributed by atoms with Crippen LogP contribution in [-0.4, -0.2) is 131 Å². The van der Waals surface area contributed by atoms with E-state index >= 15 is 0 Å². The molecule has 0 aromatic carbocycles. The second-order valence-corrected chi connectivity index (χ2v) is 26.1. The number of hydrazone groups is 2. The fraction of sp³-hybridized carbons (Fsp3) is 0.633. The van der Waals surface area contributed by atoms with E-state index < -0.39 is 47.8 Å². The Morgan fingerprint density at radius 1 is 0.628 bits per heavy atom. The number of alkyl carbamates (subject to hydrolysis) is 2. The molecule has 4 heterocycles. The number of amides is 4. The summed E-state index contributed by atoms with van der Waals surface area (Å²) in [4.78, 5) is 83.5. The van der Waals surface area contributed by atoms with E-state index in [0.29, 0.717) is 34.1 Å². The van der Waals surface area contributed by atoms with Crippen molar-refractivity contribution in [1.82, 2.24) is 45.2 Å². The molecule has 86 heavy (non-hydrogen) atoms. The summed E-state index contributed by atoms with van der Waals surface area (Å²) in [5.74, 6) is 1.53. The van der Waals surface area contributed by atoms with Crippen LogP contribution in [0.1, 0.15) is 165 Å². The first-order valence-corrected chi connectivity index (χ1v) is 28.8. The molecule has 0 aliphatic heterocycles. The third-order valence-electron chi connectivity index (χ3n) is 17.0. The maximum atomic E-state index is 12.2. The van der Waals surface area contributed by atoms with Crippen LogP contribution in [0.4, 0.5) is 28.8 Å². The van der Waals surface area contributed by atoms with Crippen molar-refractivity contribution in [3.8, 4) is 0 Å². The average Bonchev–Trinajstić information content (AvgIpc) is 0.942. The fourth-order valence-corrected chi connectivity index (χ4v) is 13.7. The summed E-state index contributed by atoms with van der Waals surface area (Å²) in [6, 6.07) is 5.81. The van der Waals surface area contributed by atoms with E-state index in [4.69, 9.17) is 24.1 Å². The number of carbonyl (C=O) groups excluding carboxylic acids is 6. The Labute approximate surface area is 524 Å². The molecule has 4 aromatic rings. The van der Waals surface area contributed by atoms with Gasteiger partial charge in [-0.3, -0.25) is 13.5 Å². The standard InChI is InChI=1S/2C22H32N4O6.C15H19N3O.CH3O.Na/c1-13-7-16(26(12-13)20(29)31-6)17(24-25-19(28)30-5)14-8-22(9-14)10-15(11-22)23-18(27)32-21(2,3)4;1-13-7-8-26(20(29)31-6)17(13)16(24-25-19(28)30-5)14-9-22(10-14)11-15(12-22)23-18(27)32-21(2,3)4;1-9-5-15(6-9)7-11(8-15)12-13-10(2)3-4-18(13)14(19)17-16-12;1-2;/h7,12,14-15H,8-11H2,1-6H3,(H,23,27)(H,25,28);7-8,14-15H,9-12H2,1-6H3,(H,23,27)(H,25,28);3-4,9,11H,5-8H2,1-2H3,(H,17,19);1H3;/q;;;-1;+1/b24-17+;24-16+;;;. The number of nitrogens with zero attached hydrogens (tertiary/aromatic N) is 6. The molecule has 6 aliphatic carbocycles. The Balaban J connectivity index is 0.000000208. The van der Waals surface area contributed by atoms with Gasteiger partial charge in [-0.2, -0.15) is 22.4 Å². The first kappa shape index (κ1) is 68.4. The Morgan fingerprint density at radius 3 is 1.55 bits per heavy atom. The zero-order valence-corrected chi connectivity index (χ0v) is 54.8. The molecule has 26 heteroatoms. The topological polar surface area (TPSA) is 314 Å². The first-order valence-electron chi connectivity index (χ1n) is 28.8. The van der Waals surface area contributed by atoms with Crippen LogP contribution >= 0.6 is 0 Å². The van der Waals surface area contributed by atoms with E-state index in [1.165, 1.54) is 63.3 Å². The van der Waals surface area contributed by atoms with E-state index in [1.54, 1.807) is 22.9 Å². The van der Waals surface area contributed by atoms with E-state index in [-0.39, 0.29) is 70.0 Å². The smallest absolute Gasteiger partial charge is 0.857 e. The third-order valence-corrected chi connectivity index (χ3v) is 17.0. The molecule has 0 unspecified atom stereocenters. The zero-order chi connectivity index (χ0) is 62.6. The van der Waals surface area contributed by atoms with Crippen molar-refractivity contribution in [3.63, 3.8) is 0 Å². The van der Waals surface area contributed by atoms with Crippen LogP contribution in [0.25, 0.3) is 5.52 Å². The van der Waals surface area contributed by atoms with Crippen molar-refractivity contribution in [2.24, 2.45) is 44.2 Å². The molecule has 3 spiro atoms. The molecule has 0 atom stereocenters. The van der Waals surface area contributed by atoms with Gasteiger partial charge in [0.15, 0.2) is 0 Å². The maximum absolute atomic E-state index is 12.2. The van der Waals surface area contributed by atoms with Crippen molar-refractivity contribution in [2.75, 3.05) is 35.5 Å². The van der Waals surface area contributed by atoms with E-state index in [9.17, 15) is 33.6 Å². The van der Waals surface area contributed by atoms with Crippen LogP contribution in [0.5, 0.6) is 0 Å². The van der Waals surface area contributed by atoms with Crippen molar-refractivity contribution >= 4 is 53.5 Å².